The Morgan fingerprint density at radius 2 is 1.23 bits per heavy atom. The Kier molecular flexibility index (Phi) is 8.34. The summed E-state index contributed by atoms with van der Waals surface area (Å²) in [6.45, 7) is 10.6. The number of nitrogens with one attached hydrogen (secondary N) is 1. The van der Waals surface area contributed by atoms with Crippen molar-refractivity contribution in [2.45, 2.75) is 37.5 Å². The van der Waals surface area contributed by atoms with Crippen LogP contribution < -0.4 is 4.98 Å². The first-order valence-corrected chi connectivity index (χ1v) is 9.13. The summed E-state index contributed by atoms with van der Waals surface area (Å²) in [5.41, 5.74) is 0. The first kappa shape index (κ1) is 18.8. The van der Waals surface area contributed by atoms with Crippen LogP contribution in [0, 0.1) is 0 Å². The summed E-state index contributed by atoms with van der Waals surface area (Å²) >= 11 is 2.36. The van der Waals surface area contributed by atoms with Gasteiger partial charge in [-0.05, 0) is 57.3 Å². The molecule has 122 valence electrons. The van der Waals surface area contributed by atoms with E-state index in [0.29, 0.717) is 26.2 Å². The van der Waals surface area contributed by atoms with Crippen LogP contribution in [-0.4, -0.2) is 46.5 Å². The molecule has 1 heterocycles. The van der Waals surface area contributed by atoms with Crippen molar-refractivity contribution in [1.29, 1.82) is 0 Å². The lowest BCUT2D eigenvalue weighted by Crippen LogP contribution is -2.27. The molecule has 1 N–H and O–H groups in total. The van der Waals surface area contributed by atoms with Crippen molar-refractivity contribution in [3.63, 3.8) is 0 Å². The summed E-state index contributed by atoms with van der Waals surface area (Å²) in [4.78, 5) is 32.4. The first-order chi connectivity index (χ1) is 10.5. The zero-order chi connectivity index (χ0) is 16.5. The lowest BCUT2D eigenvalue weighted by Gasteiger charge is -2.18. The van der Waals surface area contributed by atoms with Crippen LogP contribution in [0.1, 0.15) is 27.7 Å². The molecule has 0 saturated carbocycles. The van der Waals surface area contributed by atoms with Crippen LogP contribution >= 0.6 is 23.5 Å². The minimum absolute atomic E-state index is 0.0237. The molecule has 0 radical (unpaired) electrons. The molecule has 2 amide bonds. The van der Waals surface area contributed by atoms with Crippen molar-refractivity contribution in [2.75, 3.05) is 26.2 Å². The summed E-state index contributed by atoms with van der Waals surface area (Å²) in [5, 5.41) is 0.0474. The van der Waals surface area contributed by atoms with Crippen molar-refractivity contribution in [3.8, 4) is 0 Å². The highest BCUT2D eigenvalue weighted by atomic mass is 32.2. The maximum Gasteiger partial charge on any atom is 0.286 e. The third kappa shape index (κ3) is 5.53. The quantitative estimate of drug-likeness (QED) is 0.741. The number of H-pyrrole nitrogens is 1. The molecule has 1 rings (SSSR count). The average molecular weight is 343 g/mol. The van der Waals surface area contributed by atoms with E-state index in [1.165, 1.54) is 23.5 Å². The van der Waals surface area contributed by atoms with Crippen molar-refractivity contribution in [2.24, 2.45) is 0 Å². The van der Waals surface area contributed by atoms with Crippen LogP contribution in [0.5, 0.6) is 0 Å². The maximum absolute atomic E-state index is 12.1. The molecule has 0 saturated heterocycles. The van der Waals surface area contributed by atoms with Gasteiger partial charge in [-0.2, -0.15) is 0 Å². The fraction of sp³-hybridized carbons (Fsp3) is 0.533. The first-order valence-electron chi connectivity index (χ1n) is 7.50. The van der Waals surface area contributed by atoms with Gasteiger partial charge in [0.2, 0.25) is 0 Å². The molecule has 0 atom stereocenters. The largest absolute Gasteiger partial charge is 0.334 e. The zero-order valence-electron chi connectivity index (χ0n) is 13.6. The van der Waals surface area contributed by atoms with E-state index in [4.69, 9.17) is 0 Å². The van der Waals surface area contributed by atoms with Crippen LogP contribution in [0.15, 0.2) is 28.3 Å². The molecule has 22 heavy (non-hydrogen) atoms. The van der Waals surface area contributed by atoms with Gasteiger partial charge in [-0.3, -0.25) is 9.59 Å². The molecule has 0 aromatic carbocycles. The number of aromatic nitrogens is 1. The van der Waals surface area contributed by atoms with Crippen LogP contribution in [0.2, 0.25) is 0 Å². The van der Waals surface area contributed by atoms with Gasteiger partial charge in [0.15, 0.2) is 12.4 Å². The predicted octanol–water partition coefficient (Wildman–Crippen LogP) is 3.61. The molecule has 0 aliphatic heterocycles. The Bertz CT molecular complexity index is 462. The number of carbonyl (C=O) groups is 2. The SMILES string of the molecule is CCN(CC)C(=O)Sc1c[nH+]cc(SC(=O)N(CC)CC)c1. The minimum Gasteiger partial charge on any atom is -0.334 e. The number of nitrogens with zero attached hydrogens (tertiary/aromatic N) is 2. The third-order valence-corrected chi connectivity index (χ3v) is 5.00. The molecular weight excluding hydrogens is 318 g/mol. The lowest BCUT2D eigenvalue weighted by molar-refractivity contribution is -0.384. The second-order valence-corrected chi connectivity index (χ2v) is 6.53. The number of amides is 2. The Hall–Kier alpha value is -1.21. The molecule has 0 fully saturated rings. The molecule has 7 heteroatoms. The van der Waals surface area contributed by atoms with E-state index in [0.717, 1.165) is 9.79 Å². The van der Waals surface area contributed by atoms with Crippen molar-refractivity contribution < 1.29 is 14.6 Å². The van der Waals surface area contributed by atoms with E-state index in [2.05, 4.69) is 4.98 Å². The maximum atomic E-state index is 12.1. The third-order valence-electron chi connectivity index (χ3n) is 3.19. The van der Waals surface area contributed by atoms with Gasteiger partial charge in [-0.25, -0.2) is 4.98 Å². The zero-order valence-corrected chi connectivity index (χ0v) is 15.2. The molecule has 0 spiro atoms. The second-order valence-electron chi connectivity index (χ2n) is 4.48. The summed E-state index contributed by atoms with van der Waals surface area (Å²) in [6, 6.07) is 1.87. The van der Waals surface area contributed by atoms with Crippen LogP contribution in [0.4, 0.5) is 9.59 Å². The van der Waals surface area contributed by atoms with E-state index in [9.17, 15) is 9.59 Å². The van der Waals surface area contributed by atoms with E-state index in [1.54, 1.807) is 22.2 Å². The molecule has 1 aromatic rings. The second kappa shape index (κ2) is 9.74. The van der Waals surface area contributed by atoms with E-state index >= 15 is 0 Å². The summed E-state index contributed by atoms with van der Waals surface area (Å²) in [7, 11) is 0. The monoisotopic (exact) mass is 342 g/mol. The summed E-state index contributed by atoms with van der Waals surface area (Å²) in [5.74, 6) is 0. The van der Waals surface area contributed by atoms with Gasteiger partial charge in [0.05, 0.1) is 9.79 Å². The summed E-state index contributed by atoms with van der Waals surface area (Å²) in [6.07, 6.45) is 3.55. The fourth-order valence-electron chi connectivity index (χ4n) is 1.84. The number of pyridine rings is 1. The van der Waals surface area contributed by atoms with E-state index < -0.39 is 0 Å². The van der Waals surface area contributed by atoms with Crippen LogP contribution in [0.25, 0.3) is 0 Å². The highest BCUT2D eigenvalue weighted by Gasteiger charge is 2.16. The van der Waals surface area contributed by atoms with Crippen LogP contribution in [-0.2, 0) is 0 Å². The number of carbonyl (C=O) groups excluding carboxylic acids is 2. The van der Waals surface area contributed by atoms with Crippen molar-refractivity contribution >= 4 is 34.0 Å². The average Bonchev–Trinajstić information content (AvgIpc) is 2.50. The smallest absolute Gasteiger partial charge is 0.286 e. The molecule has 5 nitrogen and oxygen atoms in total. The molecule has 0 bridgehead atoms. The molecule has 0 aliphatic rings. The number of aromatic amines is 1. The van der Waals surface area contributed by atoms with Gasteiger partial charge in [0.25, 0.3) is 10.5 Å². The standard InChI is InChI=1S/C15H23N3O2S2/c1-5-17(6-2)14(19)21-12-9-13(11-16-10-12)22-15(20)18(7-3)8-4/h9-11H,5-8H2,1-4H3/p+1. The Morgan fingerprint density at radius 3 is 1.55 bits per heavy atom. The number of rotatable bonds is 6. The van der Waals surface area contributed by atoms with E-state index in [1.807, 2.05) is 33.8 Å². The number of hydrogen-bond donors (Lipinski definition) is 0. The van der Waals surface area contributed by atoms with Gasteiger partial charge >= 0.3 is 0 Å². The molecule has 0 unspecified atom stereocenters. The van der Waals surface area contributed by atoms with Gasteiger partial charge in [0.1, 0.15) is 0 Å². The Labute approximate surface area is 140 Å². The van der Waals surface area contributed by atoms with Crippen LogP contribution in [0.3, 0.4) is 0 Å². The van der Waals surface area contributed by atoms with Gasteiger partial charge in [0, 0.05) is 26.2 Å². The van der Waals surface area contributed by atoms with Gasteiger partial charge < -0.3 is 9.80 Å². The highest BCUT2D eigenvalue weighted by Crippen LogP contribution is 2.26. The fourth-order valence-corrected chi connectivity index (χ4v) is 3.72. The van der Waals surface area contributed by atoms with Crippen molar-refractivity contribution in [3.05, 3.63) is 18.5 Å². The van der Waals surface area contributed by atoms with Gasteiger partial charge in [-0.1, -0.05) is 0 Å². The molecule has 1 aromatic heterocycles. The Morgan fingerprint density at radius 1 is 0.864 bits per heavy atom. The van der Waals surface area contributed by atoms with Gasteiger partial charge in [-0.15, -0.1) is 0 Å². The number of hydrogen-bond acceptors (Lipinski definition) is 4. The van der Waals surface area contributed by atoms with E-state index in [-0.39, 0.29) is 10.5 Å². The topological polar surface area (TPSA) is 54.8 Å². The minimum atomic E-state index is 0.0237. The highest BCUT2D eigenvalue weighted by molar-refractivity contribution is 8.14. The van der Waals surface area contributed by atoms with Crippen molar-refractivity contribution in [1.82, 2.24) is 9.80 Å². The normalized spacial score (nSPS) is 10.4. The number of thioether (sulfide) groups is 2. The molecular formula is C15H24N3O2S2+. The predicted molar refractivity (Wildman–Crippen MR) is 91.3 cm³/mol. The molecule has 0 aliphatic carbocycles. The lowest BCUT2D eigenvalue weighted by atomic mass is 10.5. The summed E-state index contributed by atoms with van der Waals surface area (Å²) < 4.78 is 0. The Balaban J connectivity index is 2.74.